The predicted molar refractivity (Wildman–Crippen MR) is 296 cm³/mol. The van der Waals surface area contributed by atoms with Gasteiger partial charge in [-0.2, -0.15) is 0 Å². The second kappa shape index (κ2) is 55.2. The van der Waals surface area contributed by atoms with Gasteiger partial charge in [-0.05, 0) is 44.9 Å². The number of hydrogen-bond acceptors (Lipinski definition) is 5. The van der Waals surface area contributed by atoms with E-state index in [4.69, 9.17) is 4.74 Å². The van der Waals surface area contributed by atoms with Crippen LogP contribution in [-0.2, 0) is 14.3 Å². The number of amides is 1. The molecule has 0 aromatic heterocycles. The minimum atomic E-state index is -0.798. The largest absolute Gasteiger partial charge is 0.462 e. The highest BCUT2D eigenvalue weighted by atomic mass is 16.5. The van der Waals surface area contributed by atoms with Gasteiger partial charge in [-0.1, -0.05) is 299 Å². The van der Waals surface area contributed by atoms with Crippen molar-refractivity contribution in [2.45, 2.75) is 302 Å². The van der Waals surface area contributed by atoms with Gasteiger partial charge in [0.1, 0.15) is 6.10 Å². The number of allylic oxidation sites excluding steroid dienone is 12. The van der Waals surface area contributed by atoms with Crippen LogP contribution >= 0.6 is 0 Å². The zero-order chi connectivity index (χ0) is 49.5. The van der Waals surface area contributed by atoms with E-state index in [2.05, 4.69) is 50.4 Å². The first-order chi connectivity index (χ1) is 33.5. The van der Waals surface area contributed by atoms with Crippen LogP contribution in [0.1, 0.15) is 284 Å². The van der Waals surface area contributed by atoms with Crippen LogP contribution in [0.5, 0.6) is 0 Å². The summed E-state index contributed by atoms with van der Waals surface area (Å²) in [6, 6.07) is -0.713. The maximum absolute atomic E-state index is 13.3. The molecule has 0 saturated carbocycles. The summed E-state index contributed by atoms with van der Waals surface area (Å²) in [6.07, 6.45) is 71.0. The third-order valence-electron chi connectivity index (χ3n) is 13.2. The number of aliphatic hydroxyl groups excluding tert-OH is 2. The van der Waals surface area contributed by atoms with Gasteiger partial charge < -0.3 is 20.3 Å². The number of nitrogens with one attached hydrogen (secondary N) is 1. The van der Waals surface area contributed by atoms with Gasteiger partial charge in [0, 0.05) is 6.42 Å². The Labute approximate surface area is 421 Å². The molecule has 0 saturated heterocycles. The average molecular weight is 951 g/mol. The van der Waals surface area contributed by atoms with Gasteiger partial charge in [-0.25, -0.2) is 0 Å². The molecule has 6 heteroatoms. The quantitative estimate of drug-likeness (QED) is 0.0321. The van der Waals surface area contributed by atoms with E-state index in [1.54, 1.807) is 0 Å². The average Bonchev–Trinajstić information content (AvgIpc) is 3.33. The second-order valence-corrected chi connectivity index (χ2v) is 19.8. The number of rotatable bonds is 52. The van der Waals surface area contributed by atoms with E-state index < -0.39 is 18.2 Å². The number of aliphatic hydroxyl groups is 2. The summed E-state index contributed by atoms with van der Waals surface area (Å²) in [5.41, 5.74) is 0. The van der Waals surface area contributed by atoms with Crippen LogP contribution < -0.4 is 5.32 Å². The number of unbranched alkanes of at least 4 members (excludes halogenated alkanes) is 33. The summed E-state index contributed by atoms with van der Waals surface area (Å²) in [5, 5.41) is 23.9. The van der Waals surface area contributed by atoms with E-state index in [1.165, 1.54) is 167 Å². The van der Waals surface area contributed by atoms with Gasteiger partial charge in [-0.15, -0.1) is 0 Å². The van der Waals surface area contributed by atoms with E-state index in [9.17, 15) is 19.8 Å². The molecule has 6 nitrogen and oxygen atoms in total. The van der Waals surface area contributed by atoms with Crippen LogP contribution in [0, 0.1) is 0 Å². The predicted octanol–water partition coefficient (Wildman–Crippen LogP) is 18.1. The van der Waals surface area contributed by atoms with Crippen molar-refractivity contribution in [2.24, 2.45) is 0 Å². The maximum atomic E-state index is 13.3. The molecule has 0 fully saturated rings. The molecule has 0 radical (unpaired) electrons. The van der Waals surface area contributed by atoms with Gasteiger partial charge >= 0.3 is 5.97 Å². The van der Waals surface area contributed by atoms with Crippen LogP contribution in [0.15, 0.2) is 72.9 Å². The Kier molecular flexibility index (Phi) is 53.0. The molecule has 0 heterocycles. The maximum Gasteiger partial charge on any atom is 0.306 e. The molecule has 0 aromatic carbocycles. The smallest absolute Gasteiger partial charge is 0.306 e. The Bertz CT molecular complexity index is 1250. The molecule has 3 unspecified atom stereocenters. The first-order valence-corrected chi connectivity index (χ1v) is 29.2. The zero-order valence-electron chi connectivity index (χ0n) is 45.0. The molecule has 394 valence electrons. The lowest BCUT2D eigenvalue weighted by Gasteiger charge is -2.24. The molecular weight excluding hydrogens is 839 g/mol. The van der Waals surface area contributed by atoms with Gasteiger partial charge in [0.25, 0.3) is 0 Å². The van der Waals surface area contributed by atoms with E-state index in [0.717, 1.165) is 70.6 Å². The third-order valence-corrected chi connectivity index (χ3v) is 13.2. The van der Waals surface area contributed by atoms with Crippen molar-refractivity contribution < 1.29 is 24.5 Å². The van der Waals surface area contributed by atoms with Crippen LogP contribution in [0.3, 0.4) is 0 Å². The molecule has 0 rings (SSSR count). The molecule has 0 aliphatic rings. The van der Waals surface area contributed by atoms with E-state index in [-0.39, 0.29) is 24.9 Å². The summed E-state index contributed by atoms with van der Waals surface area (Å²) in [6.45, 7) is 6.36. The van der Waals surface area contributed by atoms with Crippen molar-refractivity contribution in [3.63, 3.8) is 0 Å². The lowest BCUT2D eigenvalue weighted by atomic mass is 10.0. The molecular formula is C62H111NO5. The van der Waals surface area contributed by atoms with Crippen LogP contribution in [0.4, 0.5) is 0 Å². The van der Waals surface area contributed by atoms with Crippen molar-refractivity contribution >= 4 is 11.9 Å². The summed E-state index contributed by atoms with van der Waals surface area (Å²) in [4.78, 5) is 26.3. The summed E-state index contributed by atoms with van der Waals surface area (Å²) < 4.78 is 5.95. The highest BCUT2D eigenvalue weighted by molar-refractivity contribution is 5.77. The van der Waals surface area contributed by atoms with Crippen LogP contribution in [0.25, 0.3) is 0 Å². The normalized spacial score (nSPS) is 13.7. The Morgan fingerprint density at radius 2 is 0.794 bits per heavy atom. The number of carbonyl (C=O) groups excluding carboxylic acids is 2. The Hall–Kier alpha value is -2.70. The van der Waals surface area contributed by atoms with E-state index in [0.29, 0.717) is 19.3 Å². The number of carbonyl (C=O) groups is 2. The first-order valence-electron chi connectivity index (χ1n) is 29.2. The molecule has 0 aliphatic heterocycles. The third kappa shape index (κ3) is 49.7. The highest BCUT2D eigenvalue weighted by Gasteiger charge is 2.24. The lowest BCUT2D eigenvalue weighted by Crippen LogP contribution is -2.46. The minimum absolute atomic E-state index is 0.0598. The molecule has 1 amide bonds. The zero-order valence-corrected chi connectivity index (χ0v) is 45.0. The number of hydrogen-bond donors (Lipinski definition) is 3. The number of ether oxygens (including phenoxy) is 1. The van der Waals surface area contributed by atoms with Crippen LogP contribution in [0.2, 0.25) is 0 Å². The fraction of sp³-hybridized carbons (Fsp3) is 0.774. The number of esters is 1. The first kappa shape index (κ1) is 65.3. The van der Waals surface area contributed by atoms with Crippen molar-refractivity contribution in [3.05, 3.63) is 72.9 Å². The van der Waals surface area contributed by atoms with Crippen molar-refractivity contribution in [3.8, 4) is 0 Å². The van der Waals surface area contributed by atoms with Gasteiger partial charge in [0.05, 0.1) is 25.2 Å². The molecule has 0 bridgehead atoms. The standard InChI is InChI=1S/C62H111NO5/c1-4-7-10-13-16-19-22-25-28-31-34-37-40-43-46-49-52-55-62(67)68-58(53-50-47-44-41-38-35-32-29-26-23-20-17-14-11-8-5-2)56-61(66)63-59(57-64)60(65)54-51-48-45-42-39-36-33-30-27-24-21-18-15-12-9-6-3/h7,10,13,16,19,22,25,28,31,34,37,40,58-60,64-65H,4-6,8-9,11-12,14-15,17-18,20-21,23-24,26-27,29-30,32-33,35-36,38-39,41-57H2,1-3H3,(H,63,66)/b10-7-,16-13+,22-19+,28-25-,34-31+,40-37+. The molecule has 3 N–H and O–H groups in total. The second-order valence-electron chi connectivity index (χ2n) is 19.8. The SMILES string of the molecule is CC\C=C/C=C/C=C/C=C\C=C\C=C\CCCCCC(=O)OC(CCCCCCCCCCCCCCCCCC)CC(=O)NC(CO)C(O)CCCCCCCCCCCCCCCCCC. The summed E-state index contributed by atoms with van der Waals surface area (Å²) >= 11 is 0. The Morgan fingerprint density at radius 3 is 1.19 bits per heavy atom. The fourth-order valence-corrected chi connectivity index (χ4v) is 8.82. The van der Waals surface area contributed by atoms with Crippen molar-refractivity contribution in [2.75, 3.05) is 6.61 Å². The highest BCUT2D eigenvalue weighted by Crippen LogP contribution is 2.19. The molecule has 0 aliphatic carbocycles. The van der Waals surface area contributed by atoms with Crippen molar-refractivity contribution in [1.82, 2.24) is 5.32 Å². The Balaban J connectivity index is 4.63. The van der Waals surface area contributed by atoms with E-state index >= 15 is 0 Å². The van der Waals surface area contributed by atoms with Gasteiger partial charge in [0.2, 0.25) is 5.91 Å². The molecule has 68 heavy (non-hydrogen) atoms. The molecule has 0 aromatic rings. The van der Waals surface area contributed by atoms with Gasteiger partial charge in [-0.3, -0.25) is 9.59 Å². The Morgan fingerprint density at radius 1 is 0.441 bits per heavy atom. The summed E-state index contributed by atoms with van der Waals surface area (Å²) in [5.74, 6) is -0.515. The molecule has 0 spiro atoms. The topological polar surface area (TPSA) is 95.9 Å². The van der Waals surface area contributed by atoms with Gasteiger partial charge in [0.15, 0.2) is 0 Å². The molecule has 3 atom stereocenters. The lowest BCUT2D eigenvalue weighted by molar-refractivity contribution is -0.151. The fourth-order valence-electron chi connectivity index (χ4n) is 8.82. The van der Waals surface area contributed by atoms with Crippen LogP contribution in [-0.4, -0.2) is 46.9 Å². The summed E-state index contributed by atoms with van der Waals surface area (Å²) in [7, 11) is 0. The van der Waals surface area contributed by atoms with Crippen molar-refractivity contribution in [1.29, 1.82) is 0 Å². The minimum Gasteiger partial charge on any atom is -0.462 e. The monoisotopic (exact) mass is 950 g/mol. The van der Waals surface area contributed by atoms with E-state index in [1.807, 2.05) is 48.6 Å².